The van der Waals surface area contributed by atoms with Crippen molar-refractivity contribution in [3.05, 3.63) is 29.6 Å². The Labute approximate surface area is 112 Å². The summed E-state index contributed by atoms with van der Waals surface area (Å²) in [6.07, 6.45) is 0. The third-order valence-corrected chi connectivity index (χ3v) is 2.94. The molecular formula is C14H17N3O2. The molecule has 0 aliphatic rings. The Balaban J connectivity index is 2.25. The van der Waals surface area contributed by atoms with Crippen LogP contribution in [-0.2, 0) is 22.6 Å². The molecule has 0 fully saturated rings. The van der Waals surface area contributed by atoms with Crippen LogP contribution < -0.4 is 0 Å². The van der Waals surface area contributed by atoms with E-state index in [9.17, 15) is 0 Å². The second-order valence-corrected chi connectivity index (χ2v) is 4.13. The highest BCUT2D eigenvalue weighted by atomic mass is 16.5. The van der Waals surface area contributed by atoms with Crippen molar-refractivity contribution in [2.75, 3.05) is 20.3 Å². The van der Waals surface area contributed by atoms with Gasteiger partial charge in [0.1, 0.15) is 12.4 Å². The fourth-order valence-electron chi connectivity index (χ4n) is 2.02. The van der Waals surface area contributed by atoms with Crippen LogP contribution >= 0.6 is 0 Å². The number of nitriles is 1. The molecule has 0 bridgehead atoms. The Kier molecular flexibility index (Phi) is 4.50. The third-order valence-electron chi connectivity index (χ3n) is 2.94. The maximum Gasteiger partial charge on any atom is 0.135 e. The van der Waals surface area contributed by atoms with Crippen molar-refractivity contribution in [1.29, 1.82) is 5.26 Å². The summed E-state index contributed by atoms with van der Waals surface area (Å²) in [6, 6.07) is 7.68. The largest absolute Gasteiger partial charge is 0.382 e. The molecule has 1 aromatic carbocycles. The zero-order chi connectivity index (χ0) is 13.7. The van der Waals surface area contributed by atoms with Crippen molar-refractivity contribution in [2.24, 2.45) is 0 Å². The standard InChI is InChI=1S/C14H17N3O2/c1-3-17-13-5-4-11(9-15)8-12(13)16-14(17)10-19-7-6-18-2/h4-5,8H,3,6-7,10H2,1-2H3. The highest BCUT2D eigenvalue weighted by molar-refractivity contribution is 5.77. The molecule has 5 nitrogen and oxygen atoms in total. The van der Waals surface area contributed by atoms with Gasteiger partial charge in [-0.25, -0.2) is 4.98 Å². The Morgan fingerprint density at radius 1 is 1.37 bits per heavy atom. The summed E-state index contributed by atoms with van der Waals surface area (Å²) in [4.78, 5) is 4.54. The Hall–Kier alpha value is -1.90. The smallest absolute Gasteiger partial charge is 0.135 e. The Morgan fingerprint density at radius 3 is 2.89 bits per heavy atom. The molecule has 0 aliphatic carbocycles. The summed E-state index contributed by atoms with van der Waals surface area (Å²) in [5.41, 5.74) is 2.50. The number of fused-ring (bicyclic) bond motifs is 1. The highest BCUT2D eigenvalue weighted by Gasteiger charge is 2.10. The molecule has 0 radical (unpaired) electrons. The van der Waals surface area contributed by atoms with Crippen LogP contribution in [0, 0.1) is 11.3 Å². The fourth-order valence-corrected chi connectivity index (χ4v) is 2.02. The van der Waals surface area contributed by atoms with Crippen LogP contribution in [-0.4, -0.2) is 29.9 Å². The van der Waals surface area contributed by atoms with Crippen LogP contribution in [0.5, 0.6) is 0 Å². The van der Waals surface area contributed by atoms with Gasteiger partial charge in [-0.1, -0.05) is 0 Å². The number of hydrogen-bond donors (Lipinski definition) is 0. The lowest BCUT2D eigenvalue weighted by molar-refractivity contribution is 0.0575. The number of hydrogen-bond acceptors (Lipinski definition) is 4. The van der Waals surface area contributed by atoms with E-state index in [-0.39, 0.29) is 0 Å². The first-order valence-corrected chi connectivity index (χ1v) is 6.26. The monoisotopic (exact) mass is 259 g/mol. The van der Waals surface area contributed by atoms with Crippen LogP contribution in [0.25, 0.3) is 11.0 Å². The molecule has 0 atom stereocenters. The first-order chi connectivity index (χ1) is 9.30. The van der Waals surface area contributed by atoms with E-state index in [0.717, 1.165) is 23.4 Å². The van der Waals surface area contributed by atoms with Crippen molar-refractivity contribution in [3.63, 3.8) is 0 Å². The molecule has 2 rings (SSSR count). The lowest BCUT2D eigenvalue weighted by Gasteiger charge is -2.06. The first-order valence-electron chi connectivity index (χ1n) is 6.26. The number of imidazole rings is 1. The molecule has 5 heteroatoms. The fraction of sp³-hybridized carbons (Fsp3) is 0.429. The molecule has 0 N–H and O–H groups in total. The van der Waals surface area contributed by atoms with Crippen LogP contribution in [0.4, 0.5) is 0 Å². The summed E-state index contributed by atoms with van der Waals surface area (Å²) in [6.45, 7) is 4.47. The number of aromatic nitrogens is 2. The van der Waals surface area contributed by atoms with Crippen LogP contribution in [0.3, 0.4) is 0 Å². The topological polar surface area (TPSA) is 60.1 Å². The molecule has 1 aromatic heterocycles. The highest BCUT2D eigenvalue weighted by Crippen LogP contribution is 2.18. The summed E-state index contributed by atoms with van der Waals surface area (Å²) >= 11 is 0. The third kappa shape index (κ3) is 2.92. The summed E-state index contributed by atoms with van der Waals surface area (Å²) < 4.78 is 12.6. The van der Waals surface area contributed by atoms with Gasteiger partial charge in [-0.05, 0) is 25.1 Å². The number of aryl methyl sites for hydroxylation is 1. The minimum Gasteiger partial charge on any atom is -0.382 e. The Bertz CT molecular complexity index is 598. The van der Waals surface area contributed by atoms with Crippen LogP contribution in [0.2, 0.25) is 0 Å². The zero-order valence-corrected chi connectivity index (χ0v) is 11.2. The number of methoxy groups -OCH3 is 1. The Morgan fingerprint density at radius 2 is 2.21 bits per heavy atom. The number of benzene rings is 1. The van der Waals surface area contributed by atoms with Gasteiger partial charge in [0.25, 0.3) is 0 Å². The molecule has 0 aliphatic heterocycles. The number of ether oxygens (including phenoxy) is 2. The first kappa shape index (κ1) is 13.5. The summed E-state index contributed by atoms with van der Waals surface area (Å²) in [5, 5.41) is 8.91. The van der Waals surface area contributed by atoms with Crippen molar-refractivity contribution in [3.8, 4) is 6.07 Å². The van der Waals surface area contributed by atoms with Gasteiger partial charge in [0, 0.05) is 13.7 Å². The molecule has 0 unspecified atom stereocenters. The maximum atomic E-state index is 8.91. The minimum absolute atomic E-state index is 0.452. The van der Waals surface area contributed by atoms with E-state index in [1.54, 1.807) is 13.2 Å². The lowest BCUT2D eigenvalue weighted by atomic mass is 10.2. The quantitative estimate of drug-likeness (QED) is 0.745. The van der Waals surface area contributed by atoms with E-state index in [0.29, 0.717) is 25.4 Å². The van der Waals surface area contributed by atoms with Crippen molar-refractivity contribution in [2.45, 2.75) is 20.1 Å². The van der Waals surface area contributed by atoms with Gasteiger partial charge in [-0.3, -0.25) is 0 Å². The second kappa shape index (κ2) is 6.32. The molecule has 100 valence electrons. The average molecular weight is 259 g/mol. The molecular weight excluding hydrogens is 242 g/mol. The van der Waals surface area contributed by atoms with E-state index in [2.05, 4.69) is 22.5 Å². The van der Waals surface area contributed by atoms with Gasteiger partial charge in [0.05, 0.1) is 35.9 Å². The van der Waals surface area contributed by atoms with Crippen molar-refractivity contribution < 1.29 is 9.47 Å². The molecule has 0 amide bonds. The van der Waals surface area contributed by atoms with Crippen LogP contribution in [0.1, 0.15) is 18.3 Å². The molecule has 1 heterocycles. The number of nitrogens with zero attached hydrogens (tertiary/aromatic N) is 3. The van der Waals surface area contributed by atoms with Gasteiger partial charge >= 0.3 is 0 Å². The number of rotatable bonds is 6. The lowest BCUT2D eigenvalue weighted by Crippen LogP contribution is -2.07. The van der Waals surface area contributed by atoms with Gasteiger partial charge < -0.3 is 14.0 Å². The van der Waals surface area contributed by atoms with Gasteiger partial charge in [0.15, 0.2) is 0 Å². The van der Waals surface area contributed by atoms with E-state index < -0.39 is 0 Å². The van der Waals surface area contributed by atoms with Crippen molar-refractivity contribution >= 4 is 11.0 Å². The van der Waals surface area contributed by atoms with Gasteiger partial charge in [0.2, 0.25) is 0 Å². The molecule has 2 aromatic rings. The molecule has 0 saturated carbocycles. The average Bonchev–Trinajstić information content (AvgIpc) is 2.79. The predicted octanol–water partition coefficient (Wildman–Crippen LogP) is 2.09. The van der Waals surface area contributed by atoms with Gasteiger partial charge in [-0.15, -0.1) is 0 Å². The van der Waals surface area contributed by atoms with E-state index in [1.807, 2.05) is 12.1 Å². The normalized spacial score (nSPS) is 10.8. The molecule has 19 heavy (non-hydrogen) atoms. The molecule has 0 saturated heterocycles. The van der Waals surface area contributed by atoms with E-state index >= 15 is 0 Å². The maximum absolute atomic E-state index is 8.91. The predicted molar refractivity (Wildman–Crippen MR) is 71.7 cm³/mol. The van der Waals surface area contributed by atoms with E-state index in [1.165, 1.54) is 0 Å². The second-order valence-electron chi connectivity index (χ2n) is 4.13. The molecule has 0 spiro atoms. The van der Waals surface area contributed by atoms with E-state index in [4.69, 9.17) is 14.7 Å². The van der Waals surface area contributed by atoms with Gasteiger partial charge in [-0.2, -0.15) is 5.26 Å². The minimum atomic E-state index is 0.452. The zero-order valence-electron chi connectivity index (χ0n) is 11.2. The summed E-state index contributed by atoms with van der Waals surface area (Å²) in [7, 11) is 1.65. The van der Waals surface area contributed by atoms with Crippen molar-refractivity contribution in [1.82, 2.24) is 9.55 Å². The SMILES string of the molecule is CCn1c(COCCOC)nc2cc(C#N)ccc21. The van der Waals surface area contributed by atoms with Crippen LogP contribution in [0.15, 0.2) is 18.2 Å². The summed E-state index contributed by atoms with van der Waals surface area (Å²) in [5.74, 6) is 0.878.